The van der Waals surface area contributed by atoms with E-state index in [1.54, 1.807) is 4.90 Å². The number of hydrogen-bond donors (Lipinski definition) is 1. The molecule has 0 radical (unpaired) electrons. The predicted molar refractivity (Wildman–Crippen MR) is 75.7 cm³/mol. The fourth-order valence-electron chi connectivity index (χ4n) is 1.83. The average molecular weight is 310 g/mol. The van der Waals surface area contributed by atoms with E-state index >= 15 is 0 Å². The average Bonchev–Trinajstić information content (AvgIpc) is 2.77. The standard InChI is InChI=1S/C13H16BrN3O/c1-3-4-7-17(2)13(18)12-10-8-9(14)5-6-11(10)15-16-12/h5-6,8H,3-4,7H2,1-2H3,(H,15,16). The first-order valence-electron chi connectivity index (χ1n) is 6.02. The Labute approximate surface area is 114 Å². The Morgan fingerprint density at radius 1 is 1.50 bits per heavy atom. The van der Waals surface area contributed by atoms with Crippen molar-refractivity contribution in [1.82, 2.24) is 15.1 Å². The Balaban J connectivity index is 2.30. The molecule has 0 saturated heterocycles. The number of benzene rings is 1. The third-order valence-corrected chi connectivity index (χ3v) is 3.41. The second-order valence-electron chi connectivity index (χ2n) is 4.34. The first kappa shape index (κ1) is 13.1. The zero-order chi connectivity index (χ0) is 13.1. The van der Waals surface area contributed by atoms with Gasteiger partial charge in [0.1, 0.15) is 0 Å². The summed E-state index contributed by atoms with van der Waals surface area (Å²) < 4.78 is 0.946. The Hall–Kier alpha value is -1.36. The van der Waals surface area contributed by atoms with Crippen molar-refractivity contribution in [2.24, 2.45) is 0 Å². The maximum atomic E-state index is 12.3. The van der Waals surface area contributed by atoms with E-state index in [4.69, 9.17) is 0 Å². The molecule has 18 heavy (non-hydrogen) atoms. The molecule has 0 saturated carbocycles. The molecule has 2 aromatic rings. The van der Waals surface area contributed by atoms with Gasteiger partial charge < -0.3 is 4.90 Å². The largest absolute Gasteiger partial charge is 0.340 e. The number of rotatable bonds is 4. The fraction of sp³-hybridized carbons (Fsp3) is 0.385. The Kier molecular flexibility index (Phi) is 4.01. The number of amides is 1. The molecule has 5 heteroatoms. The highest BCUT2D eigenvalue weighted by atomic mass is 79.9. The van der Waals surface area contributed by atoms with Gasteiger partial charge in [0.05, 0.1) is 5.52 Å². The van der Waals surface area contributed by atoms with Crippen LogP contribution in [0.3, 0.4) is 0 Å². The lowest BCUT2D eigenvalue weighted by Crippen LogP contribution is -2.28. The van der Waals surface area contributed by atoms with Crippen molar-refractivity contribution in [3.8, 4) is 0 Å². The van der Waals surface area contributed by atoms with Crippen molar-refractivity contribution in [3.63, 3.8) is 0 Å². The van der Waals surface area contributed by atoms with Crippen LogP contribution in [0.15, 0.2) is 22.7 Å². The summed E-state index contributed by atoms with van der Waals surface area (Å²) in [6, 6.07) is 5.75. The van der Waals surface area contributed by atoms with Crippen LogP contribution in [0.5, 0.6) is 0 Å². The van der Waals surface area contributed by atoms with Gasteiger partial charge in [-0.1, -0.05) is 29.3 Å². The van der Waals surface area contributed by atoms with Crippen LogP contribution in [0.25, 0.3) is 10.9 Å². The first-order chi connectivity index (χ1) is 8.63. The van der Waals surface area contributed by atoms with Crippen LogP contribution in [0.2, 0.25) is 0 Å². The lowest BCUT2D eigenvalue weighted by Gasteiger charge is -2.15. The van der Waals surface area contributed by atoms with E-state index in [2.05, 4.69) is 33.1 Å². The minimum atomic E-state index is -0.0344. The molecule has 0 unspecified atom stereocenters. The number of carbonyl (C=O) groups is 1. The molecule has 0 aliphatic carbocycles. The molecule has 0 fully saturated rings. The molecule has 1 amide bonds. The topological polar surface area (TPSA) is 49.0 Å². The van der Waals surface area contributed by atoms with E-state index < -0.39 is 0 Å². The summed E-state index contributed by atoms with van der Waals surface area (Å²) in [6.07, 6.45) is 2.08. The van der Waals surface area contributed by atoms with Gasteiger partial charge in [0, 0.05) is 23.5 Å². The smallest absolute Gasteiger partial charge is 0.274 e. The Bertz CT molecular complexity index is 564. The second-order valence-corrected chi connectivity index (χ2v) is 5.26. The van der Waals surface area contributed by atoms with Crippen molar-refractivity contribution in [3.05, 3.63) is 28.4 Å². The van der Waals surface area contributed by atoms with Crippen LogP contribution < -0.4 is 0 Å². The van der Waals surface area contributed by atoms with E-state index in [0.717, 1.165) is 34.8 Å². The second kappa shape index (κ2) is 5.52. The lowest BCUT2D eigenvalue weighted by atomic mass is 10.2. The fourth-order valence-corrected chi connectivity index (χ4v) is 2.19. The van der Waals surface area contributed by atoms with Crippen LogP contribution in [0.4, 0.5) is 0 Å². The number of nitrogens with one attached hydrogen (secondary N) is 1. The molecule has 1 aromatic heterocycles. The van der Waals surface area contributed by atoms with Crippen LogP contribution in [-0.4, -0.2) is 34.6 Å². The number of carbonyl (C=O) groups excluding carboxylic acids is 1. The number of unbranched alkanes of at least 4 members (excludes halogenated alkanes) is 1. The van der Waals surface area contributed by atoms with Crippen molar-refractivity contribution in [2.45, 2.75) is 19.8 Å². The highest BCUT2D eigenvalue weighted by Crippen LogP contribution is 2.21. The number of H-pyrrole nitrogens is 1. The highest BCUT2D eigenvalue weighted by molar-refractivity contribution is 9.10. The molecule has 4 nitrogen and oxygen atoms in total. The predicted octanol–water partition coefficient (Wildman–Crippen LogP) is 3.20. The van der Waals surface area contributed by atoms with Gasteiger partial charge in [-0.05, 0) is 24.6 Å². The van der Waals surface area contributed by atoms with Gasteiger partial charge in [-0.2, -0.15) is 5.10 Å². The van der Waals surface area contributed by atoms with E-state index in [-0.39, 0.29) is 5.91 Å². The molecule has 0 aliphatic rings. The van der Waals surface area contributed by atoms with Gasteiger partial charge >= 0.3 is 0 Å². The molecule has 0 spiro atoms. The Morgan fingerprint density at radius 3 is 3.00 bits per heavy atom. The van der Waals surface area contributed by atoms with Gasteiger partial charge in [0.2, 0.25) is 0 Å². The van der Waals surface area contributed by atoms with E-state index in [1.165, 1.54) is 0 Å². The van der Waals surface area contributed by atoms with Crippen molar-refractivity contribution in [1.29, 1.82) is 0 Å². The van der Waals surface area contributed by atoms with Gasteiger partial charge in [0.25, 0.3) is 5.91 Å². The molecule has 96 valence electrons. The lowest BCUT2D eigenvalue weighted by molar-refractivity contribution is 0.0789. The molecule has 0 atom stereocenters. The molecular formula is C13H16BrN3O. The molecule has 2 rings (SSSR count). The Morgan fingerprint density at radius 2 is 2.28 bits per heavy atom. The summed E-state index contributed by atoms with van der Waals surface area (Å²) in [5.41, 5.74) is 1.37. The van der Waals surface area contributed by atoms with Crippen LogP contribution in [0, 0.1) is 0 Å². The van der Waals surface area contributed by atoms with Crippen LogP contribution >= 0.6 is 15.9 Å². The third kappa shape index (κ3) is 2.56. The van der Waals surface area contributed by atoms with E-state index in [1.807, 2.05) is 25.2 Å². The summed E-state index contributed by atoms with van der Waals surface area (Å²) >= 11 is 3.41. The summed E-state index contributed by atoms with van der Waals surface area (Å²) in [6.45, 7) is 2.87. The molecule has 1 N–H and O–H groups in total. The quantitative estimate of drug-likeness (QED) is 0.943. The SMILES string of the molecule is CCCCN(C)C(=O)c1n[nH]c2ccc(Br)cc12. The highest BCUT2D eigenvalue weighted by Gasteiger charge is 2.17. The van der Waals surface area contributed by atoms with Crippen molar-refractivity contribution >= 4 is 32.7 Å². The van der Waals surface area contributed by atoms with Gasteiger partial charge in [0.15, 0.2) is 5.69 Å². The van der Waals surface area contributed by atoms with Crippen molar-refractivity contribution in [2.75, 3.05) is 13.6 Å². The molecular weight excluding hydrogens is 294 g/mol. The minimum absolute atomic E-state index is 0.0344. The monoisotopic (exact) mass is 309 g/mol. The normalized spacial score (nSPS) is 10.8. The van der Waals surface area contributed by atoms with Gasteiger partial charge in [-0.3, -0.25) is 9.89 Å². The zero-order valence-corrected chi connectivity index (χ0v) is 12.1. The number of nitrogens with zero attached hydrogens (tertiary/aromatic N) is 2. The molecule has 1 aromatic carbocycles. The summed E-state index contributed by atoms with van der Waals surface area (Å²) in [7, 11) is 1.82. The number of halogens is 1. The summed E-state index contributed by atoms with van der Waals surface area (Å²) in [4.78, 5) is 14.0. The number of hydrogen-bond acceptors (Lipinski definition) is 2. The maximum absolute atomic E-state index is 12.3. The van der Waals surface area contributed by atoms with Crippen LogP contribution in [-0.2, 0) is 0 Å². The van der Waals surface area contributed by atoms with Gasteiger partial charge in [-0.25, -0.2) is 0 Å². The molecule has 0 aliphatic heterocycles. The summed E-state index contributed by atoms with van der Waals surface area (Å²) in [5.74, 6) is -0.0344. The van der Waals surface area contributed by atoms with Crippen LogP contribution in [0.1, 0.15) is 30.3 Å². The first-order valence-corrected chi connectivity index (χ1v) is 6.82. The maximum Gasteiger partial charge on any atom is 0.274 e. The number of aromatic amines is 1. The van der Waals surface area contributed by atoms with E-state index in [0.29, 0.717) is 5.69 Å². The van der Waals surface area contributed by atoms with Gasteiger partial charge in [-0.15, -0.1) is 0 Å². The molecule has 1 heterocycles. The molecule has 0 bridgehead atoms. The van der Waals surface area contributed by atoms with Crippen molar-refractivity contribution < 1.29 is 4.79 Å². The third-order valence-electron chi connectivity index (χ3n) is 2.92. The number of aromatic nitrogens is 2. The minimum Gasteiger partial charge on any atom is -0.340 e. The van der Waals surface area contributed by atoms with E-state index in [9.17, 15) is 4.79 Å². The summed E-state index contributed by atoms with van der Waals surface area (Å²) in [5, 5.41) is 7.88. The number of fused-ring (bicyclic) bond motifs is 1. The zero-order valence-electron chi connectivity index (χ0n) is 10.5.